The Kier molecular flexibility index (Phi) is 6.02. The zero-order valence-electron chi connectivity index (χ0n) is 14.0. The summed E-state index contributed by atoms with van der Waals surface area (Å²) in [5.41, 5.74) is 2.65. The van der Waals surface area contributed by atoms with Gasteiger partial charge in [-0.05, 0) is 43.0 Å². The van der Waals surface area contributed by atoms with E-state index in [9.17, 15) is 0 Å². The Labute approximate surface area is 134 Å². The number of hydrogen-bond acceptors (Lipinski definition) is 2. The predicted octanol–water partition coefficient (Wildman–Crippen LogP) is 4.93. The van der Waals surface area contributed by atoms with Gasteiger partial charge in [-0.25, -0.2) is 0 Å². The molecule has 0 bridgehead atoms. The van der Waals surface area contributed by atoms with Crippen molar-refractivity contribution in [1.82, 2.24) is 5.32 Å². The van der Waals surface area contributed by atoms with Gasteiger partial charge in [0, 0.05) is 12.6 Å². The van der Waals surface area contributed by atoms with Gasteiger partial charge in [-0.1, -0.05) is 56.3 Å². The molecular formula is C20H27NO. The molecule has 0 amide bonds. The SMILES string of the molecule is CC(CNC(C)c1ccccc1)Oc1ccc(C(C)C)cc1. The Morgan fingerprint density at radius 3 is 2.05 bits per heavy atom. The summed E-state index contributed by atoms with van der Waals surface area (Å²) >= 11 is 0. The van der Waals surface area contributed by atoms with Crippen LogP contribution in [-0.2, 0) is 0 Å². The molecule has 1 N–H and O–H groups in total. The fourth-order valence-electron chi connectivity index (χ4n) is 2.41. The van der Waals surface area contributed by atoms with Crippen molar-refractivity contribution in [3.63, 3.8) is 0 Å². The van der Waals surface area contributed by atoms with Crippen LogP contribution in [0.2, 0.25) is 0 Å². The first-order valence-corrected chi connectivity index (χ1v) is 8.11. The largest absolute Gasteiger partial charge is 0.489 e. The van der Waals surface area contributed by atoms with Crippen LogP contribution in [-0.4, -0.2) is 12.6 Å². The van der Waals surface area contributed by atoms with E-state index in [1.165, 1.54) is 11.1 Å². The third-order valence-electron chi connectivity index (χ3n) is 3.90. The van der Waals surface area contributed by atoms with Crippen molar-refractivity contribution in [2.24, 2.45) is 0 Å². The van der Waals surface area contributed by atoms with Crippen molar-refractivity contribution in [2.45, 2.75) is 45.8 Å². The highest BCUT2D eigenvalue weighted by Crippen LogP contribution is 2.19. The van der Waals surface area contributed by atoms with E-state index in [1.807, 2.05) is 6.07 Å². The Bertz CT molecular complexity index is 548. The lowest BCUT2D eigenvalue weighted by Crippen LogP contribution is -2.30. The Balaban J connectivity index is 1.81. The van der Waals surface area contributed by atoms with Gasteiger partial charge in [-0.15, -0.1) is 0 Å². The Morgan fingerprint density at radius 1 is 0.818 bits per heavy atom. The van der Waals surface area contributed by atoms with Gasteiger partial charge in [-0.2, -0.15) is 0 Å². The molecule has 0 aromatic heterocycles. The van der Waals surface area contributed by atoms with E-state index in [0.717, 1.165) is 12.3 Å². The van der Waals surface area contributed by atoms with Crippen LogP contribution < -0.4 is 10.1 Å². The molecule has 2 nitrogen and oxygen atoms in total. The topological polar surface area (TPSA) is 21.3 Å². The van der Waals surface area contributed by atoms with Crippen LogP contribution in [0.5, 0.6) is 5.75 Å². The van der Waals surface area contributed by atoms with Gasteiger partial charge in [-0.3, -0.25) is 0 Å². The molecule has 0 saturated heterocycles. The van der Waals surface area contributed by atoms with Crippen LogP contribution in [0.1, 0.15) is 50.8 Å². The second kappa shape index (κ2) is 8.00. The van der Waals surface area contributed by atoms with Gasteiger partial charge in [0.15, 0.2) is 0 Å². The highest BCUT2D eigenvalue weighted by atomic mass is 16.5. The molecule has 22 heavy (non-hydrogen) atoms. The molecule has 118 valence electrons. The number of benzene rings is 2. The van der Waals surface area contributed by atoms with Crippen LogP contribution in [0.15, 0.2) is 54.6 Å². The predicted molar refractivity (Wildman–Crippen MR) is 93.5 cm³/mol. The Hall–Kier alpha value is -1.80. The van der Waals surface area contributed by atoms with E-state index in [4.69, 9.17) is 4.74 Å². The van der Waals surface area contributed by atoms with Gasteiger partial charge < -0.3 is 10.1 Å². The maximum absolute atomic E-state index is 5.97. The van der Waals surface area contributed by atoms with Gasteiger partial charge in [0.25, 0.3) is 0 Å². The monoisotopic (exact) mass is 297 g/mol. The quantitative estimate of drug-likeness (QED) is 0.782. The first kappa shape index (κ1) is 16.6. The van der Waals surface area contributed by atoms with Crippen molar-refractivity contribution < 1.29 is 4.74 Å². The summed E-state index contributed by atoms with van der Waals surface area (Å²) < 4.78 is 5.97. The Morgan fingerprint density at radius 2 is 1.45 bits per heavy atom. The van der Waals surface area contributed by atoms with E-state index in [-0.39, 0.29) is 6.10 Å². The van der Waals surface area contributed by atoms with E-state index >= 15 is 0 Å². The average Bonchev–Trinajstić information content (AvgIpc) is 2.54. The zero-order chi connectivity index (χ0) is 15.9. The van der Waals surface area contributed by atoms with Crippen LogP contribution in [0.3, 0.4) is 0 Å². The third kappa shape index (κ3) is 4.88. The molecule has 0 aliphatic heterocycles. The molecule has 0 spiro atoms. The van der Waals surface area contributed by atoms with Crippen molar-refractivity contribution in [2.75, 3.05) is 6.54 Å². The summed E-state index contributed by atoms with van der Waals surface area (Å²) in [6.07, 6.45) is 0.135. The van der Waals surface area contributed by atoms with Crippen molar-refractivity contribution in [3.8, 4) is 5.75 Å². The summed E-state index contributed by atoms with van der Waals surface area (Å²) in [5, 5.41) is 3.52. The third-order valence-corrected chi connectivity index (χ3v) is 3.90. The van der Waals surface area contributed by atoms with E-state index in [2.05, 4.69) is 81.5 Å². The average molecular weight is 297 g/mol. The summed E-state index contributed by atoms with van der Waals surface area (Å²) in [6, 6.07) is 19.2. The van der Waals surface area contributed by atoms with E-state index in [0.29, 0.717) is 12.0 Å². The van der Waals surface area contributed by atoms with Gasteiger partial charge in [0.2, 0.25) is 0 Å². The molecule has 2 aromatic rings. The number of hydrogen-bond donors (Lipinski definition) is 1. The summed E-state index contributed by atoms with van der Waals surface area (Å²) in [7, 11) is 0. The molecular weight excluding hydrogens is 270 g/mol. The minimum absolute atomic E-state index is 0.135. The highest BCUT2D eigenvalue weighted by Gasteiger charge is 2.08. The highest BCUT2D eigenvalue weighted by molar-refractivity contribution is 5.29. The number of rotatable bonds is 7. The zero-order valence-corrected chi connectivity index (χ0v) is 14.0. The second-order valence-corrected chi connectivity index (χ2v) is 6.19. The normalized spacial score (nSPS) is 13.9. The maximum atomic E-state index is 5.97. The fraction of sp³-hybridized carbons (Fsp3) is 0.400. The number of nitrogens with one attached hydrogen (secondary N) is 1. The first-order valence-electron chi connectivity index (χ1n) is 8.11. The molecule has 2 atom stereocenters. The minimum atomic E-state index is 0.135. The molecule has 0 fully saturated rings. The van der Waals surface area contributed by atoms with Crippen LogP contribution in [0.25, 0.3) is 0 Å². The smallest absolute Gasteiger partial charge is 0.119 e. The maximum Gasteiger partial charge on any atom is 0.119 e. The fourth-order valence-corrected chi connectivity index (χ4v) is 2.41. The molecule has 2 unspecified atom stereocenters. The van der Waals surface area contributed by atoms with E-state index < -0.39 is 0 Å². The first-order chi connectivity index (χ1) is 10.6. The molecule has 0 aliphatic rings. The van der Waals surface area contributed by atoms with Crippen molar-refractivity contribution in [1.29, 1.82) is 0 Å². The van der Waals surface area contributed by atoms with Crippen LogP contribution in [0, 0.1) is 0 Å². The van der Waals surface area contributed by atoms with Gasteiger partial charge in [0.05, 0.1) is 0 Å². The van der Waals surface area contributed by atoms with Crippen molar-refractivity contribution >= 4 is 0 Å². The molecule has 2 heteroatoms. The lowest BCUT2D eigenvalue weighted by molar-refractivity contribution is 0.212. The van der Waals surface area contributed by atoms with E-state index in [1.54, 1.807) is 0 Å². The summed E-state index contributed by atoms with van der Waals surface area (Å²) in [6.45, 7) is 9.50. The minimum Gasteiger partial charge on any atom is -0.489 e. The molecule has 0 heterocycles. The standard InChI is InChI=1S/C20H27NO/c1-15(2)18-10-12-20(13-11-18)22-16(3)14-21-17(4)19-8-6-5-7-9-19/h5-13,15-17,21H,14H2,1-4H3. The molecule has 0 radical (unpaired) electrons. The molecule has 2 aromatic carbocycles. The number of ether oxygens (including phenoxy) is 1. The summed E-state index contributed by atoms with van der Waals surface area (Å²) in [4.78, 5) is 0. The van der Waals surface area contributed by atoms with Crippen LogP contribution in [0.4, 0.5) is 0 Å². The van der Waals surface area contributed by atoms with Crippen molar-refractivity contribution in [3.05, 3.63) is 65.7 Å². The summed E-state index contributed by atoms with van der Waals surface area (Å²) in [5.74, 6) is 1.49. The molecule has 2 rings (SSSR count). The lowest BCUT2D eigenvalue weighted by Gasteiger charge is -2.19. The molecule has 0 saturated carbocycles. The van der Waals surface area contributed by atoms with Crippen LogP contribution >= 0.6 is 0 Å². The van der Waals surface area contributed by atoms with Gasteiger partial charge >= 0.3 is 0 Å². The van der Waals surface area contributed by atoms with Gasteiger partial charge in [0.1, 0.15) is 11.9 Å². The second-order valence-electron chi connectivity index (χ2n) is 6.19. The molecule has 0 aliphatic carbocycles. The lowest BCUT2D eigenvalue weighted by atomic mass is 10.0.